The molecule has 1 atom stereocenters. The fourth-order valence-electron chi connectivity index (χ4n) is 4.62. The van der Waals surface area contributed by atoms with Crippen LogP contribution < -0.4 is 24.3 Å². The van der Waals surface area contributed by atoms with Crippen molar-refractivity contribution in [3.63, 3.8) is 0 Å². The Morgan fingerprint density at radius 1 is 1.07 bits per heavy atom. The monoisotopic (exact) mass is 578 g/mol. The Balaban J connectivity index is 1.79. The van der Waals surface area contributed by atoms with E-state index in [1.54, 1.807) is 51.1 Å². The minimum atomic E-state index is -0.883. The van der Waals surface area contributed by atoms with Crippen molar-refractivity contribution in [2.45, 2.75) is 33.7 Å². The zero-order chi connectivity index (χ0) is 29.5. The van der Waals surface area contributed by atoms with Gasteiger partial charge in [0.15, 0.2) is 28.1 Å². The van der Waals surface area contributed by atoms with E-state index in [2.05, 4.69) is 11.9 Å². The molecule has 2 aromatic rings. The summed E-state index contributed by atoms with van der Waals surface area (Å²) in [6.45, 7) is 12.5. The molecule has 2 aromatic carbocycles. The van der Waals surface area contributed by atoms with Crippen LogP contribution in [0.2, 0.25) is 0 Å². The van der Waals surface area contributed by atoms with Gasteiger partial charge in [0, 0.05) is 11.3 Å². The number of thiocarbonyl (C=S) groups is 1. The van der Waals surface area contributed by atoms with Crippen LogP contribution in [0.3, 0.4) is 0 Å². The highest BCUT2D eigenvalue weighted by Crippen LogP contribution is 2.40. The van der Waals surface area contributed by atoms with Crippen LogP contribution in [-0.2, 0) is 14.3 Å². The number of nitrogens with zero attached hydrogens (tertiary/aromatic N) is 1. The maximum absolute atomic E-state index is 14.1. The maximum atomic E-state index is 14.1. The molecule has 0 saturated carbocycles. The van der Waals surface area contributed by atoms with Crippen molar-refractivity contribution >= 4 is 35.3 Å². The predicted octanol–water partition coefficient (Wildman–Crippen LogP) is 5.12. The van der Waals surface area contributed by atoms with Gasteiger partial charge in [-0.15, -0.1) is 0 Å². The molecule has 1 unspecified atom stereocenters. The summed E-state index contributed by atoms with van der Waals surface area (Å²) in [6.07, 6.45) is 3.38. The lowest BCUT2D eigenvalue weighted by atomic mass is 9.92. The van der Waals surface area contributed by atoms with Gasteiger partial charge >= 0.3 is 5.97 Å². The second-order valence-electron chi connectivity index (χ2n) is 9.24. The SMILES string of the molecule is C=CCOc1ccc(C2C(C(=O)OCC)=C(C)NC(=S)N2C(=O)/C(C)=C/c2ccc3c(c2)OCCO3)cc1OCC. The lowest BCUT2D eigenvalue weighted by Crippen LogP contribution is -2.51. The Hall–Kier alpha value is -4.31. The Morgan fingerprint density at radius 3 is 2.54 bits per heavy atom. The number of carbonyl (C=O) groups excluding carboxylic acids is 2. The highest BCUT2D eigenvalue weighted by Gasteiger charge is 2.41. The number of fused-ring (bicyclic) bond motifs is 1. The molecule has 2 aliphatic heterocycles. The van der Waals surface area contributed by atoms with E-state index < -0.39 is 12.0 Å². The van der Waals surface area contributed by atoms with E-state index >= 15 is 0 Å². The number of nitrogens with one attached hydrogen (secondary N) is 1. The largest absolute Gasteiger partial charge is 0.490 e. The number of hydrogen-bond donors (Lipinski definition) is 1. The smallest absolute Gasteiger partial charge is 0.338 e. The van der Waals surface area contributed by atoms with E-state index in [1.807, 2.05) is 25.1 Å². The van der Waals surface area contributed by atoms with Crippen LogP contribution in [0.4, 0.5) is 0 Å². The highest BCUT2D eigenvalue weighted by molar-refractivity contribution is 7.80. The first-order valence-electron chi connectivity index (χ1n) is 13.4. The molecule has 0 fully saturated rings. The molecule has 0 aliphatic carbocycles. The first-order chi connectivity index (χ1) is 19.8. The first kappa shape index (κ1) is 29.7. The number of carbonyl (C=O) groups is 2. The van der Waals surface area contributed by atoms with Crippen molar-refractivity contribution < 1.29 is 33.3 Å². The highest BCUT2D eigenvalue weighted by atomic mass is 32.1. The van der Waals surface area contributed by atoms with Crippen molar-refractivity contribution in [2.24, 2.45) is 0 Å². The van der Waals surface area contributed by atoms with Gasteiger partial charge < -0.3 is 29.0 Å². The molecule has 41 heavy (non-hydrogen) atoms. The van der Waals surface area contributed by atoms with E-state index in [-0.39, 0.29) is 23.2 Å². The second-order valence-corrected chi connectivity index (χ2v) is 9.62. The first-order valence-corrected chi connectivity index (χ1v) is 13.8. The van der Waals surface area contributed by atoms with E-state index in [0.717, 1.165) is 5.56 Å². The molecule has 2 heterocycles. The third-order valence-electron chi connectivity index (χ3n) is 6.39. The van der Waals surface area contributed by atoms with Crippen LogP contribution in [-0.4, -0.2) is 54.9 Å². The zero-order valence-corrected chi connectivity index (χ0v) is 24.5. The lowest BCUT2D eigenvalue weighted by Gasteiger charge is -2.38. The quantitative estimate of drug-likeness (QED) is 0.178. The number of benzene rings is 2. The number of amides is 1. The van der Waals surface area contributed by atoms with Crippen LogP contribution >= 0.6 is 12.2 Å². The van der Waals surface area contributed by atoms with Gasteiger partial charge in [0.2, 0.25) is 0 Å². The summed E-state index contributed by atoms with van der Waals surface area (Å²) < 4.78 is 28.3. The van der Waals surface area contributed by atoms with Gasteiger partial charge in [0.25, 0.3) is 5.91 Å². The minimum Gasteiger partial charge on any atom is -0.490 e. The van der Waals surface area contributed by atoms with E-state index in [4.69, 9.17) is 35.9 Å². The molecule has 0 saturated heterocycles. The Labute approximate surface area is 245 Å². The fraction of sp³-hybridized carbons (Fsp3) is 0.323. The Bertz CT molecular complexity index is 1420. The van der Waals surface area contributed by atoms with E-state index in [1.165, 1.54) is 4.90 Å². The summed E-state index contributed by atoms with van der Waals surface area (Å²) >= 11 is 5.67. The third-order valence-corrected chi connectivity index (χ3v) is 6.69. The maximum Gasteiger partial charge on any atom is 0.338 e. The van der Waals surface area contributed by atoms with Crippen LogP contribution in [0, 0.1) is 0 Å². The normalized spacial score (nSPS) is 16.6. The van der Waals surface area contributed by atoms with Gasteiger partial charge in [-0.3, -0.25) is 9.69 Å². The molecule has 2 aliphatic rings. The van der Waals surface area contributed by atoms with Crippen LogP contribution in [0.15, 0.2) is 65.9 Å². The van der Waals surface area contributed by atoms with Gasteiger partial charge in [-0.1, -0.05) is 24.8 Å². The summed E-state index contributed by atoms with van der Waals surface area (Å²) in [5.41, 5.74) is 2.52. The molecule has 216 valence electrons. The van der Waals surface area contributed by atoms with Gasteiger partial charge in [0.05, 0.1) is 24.8 Å². The molecular formula is C31H34N2O7S. The fourth-order valence-corrected chi connectivity index (χ4v) is 4.96. The Kier molecular flexibility index (Phi) is 9.67. The molecule has 4 rings (SSSR count). The molecule has 10 heteroatoms. The average Bonchev–Trinajstić information content (AvgIpc) is 2.96. The average molecular weight is 579 g/mol. The topological polar surface area (TPSA) is 95.6 Å². The number of hydrogen-bond acceptors (Lipinski definition) is 8. The molecular weight excluding hydrogens is 544 g/mol. The summed E-state index contributed by atoms with van der Waals surface area (Å²) in [5, 5.41) is 3.18. The molecule has 0 spiro atoms. The van der Waals surface area contributed by atoms with E-state index in [9.17, 15) is 9.59 Å². The van der Waals surface area contributed by atoms with Gasteiger partial charge in [-0.05, 0) is 81.4 Å². The van der Waals surface area contributed by atoms with Gasteiger partial charge in [-0.2, -0.15) is 0 Å². The number of rotatable bonds is 10. The van der Waals surface area contributed by atoms with Crippen molar-refractivity contribution in [3.8, 4) is 23.0 Å². The van der Waals surface area contributed by atoms with Gasteiger partial charge in [0.1, 0.15) is 19.8 Å². The standard InChI is InChI=1S/C31H34N2O7S/c1-6-13-38-24-12-10-22(18-26(24)36-7-2)28-27(30(35)37-8-3)20(5)32-31(41)33(28)29(34)19(4)16-21-9-11-23-25(17-21)40-15-14-39-23/h6,9-12,16-18,28H,1,7-8,13-15H2,2-5H3,(H,32,41)/b19-16+. The third kappa shape index (κ3) is 6.54. The summed E-state index contributed by atoms with van der Waals surface area (Å²) in [7, 11) is 0. The predicted molar refractivity (Wildman–Crippen MR) is 159 cm³/mol. The van der Waals surface area contributed by atoms with Crippen molar-refractivity contribution in [1.29, 1.82) is 0 Å². The number of allylic oxidation sites excluding steroid dienone is 1. The zero-order valence-electron chi connectivity index (χ0n) is 23.7. The summed E-state index contributed by atoms with van der Waals surface area (Å²) in [5.74, 6) is 1.31. The molecule has 1 amide bonds. The molecule has 0 bridgehead atoms. The summed E-state index contributed by atoms with van der Waals surface area (Å²) in [6, 6.07) is 9.88. The molecule has 0 aromatic heterocycles. The van der Waals surface area contributed by atoms with Crippen molar-refractivity contribution in [3.05, 3.63) is 77.0 Å². The van der Waals surface area contributed by atoms with Crippen molar-refractivity contribution in [1.82, 2.24) is 10.2 Å². The van der Waals surface area contributed by atoms with Gasteiger partial charge in [-0.25, -0.2) is 4.79 Å². The summed E-state index contributed by atoms with van der Waals surface area (Å²) in [4.78, 5) is 28.7. The molecule has 9 nitrogen and oxygen atoms in total. The van der Waals surface area contributed by atoms with E-state index in [0.29, 0.717) is 66.3 Å². The minimum absolute atomic E-state index is 0.158. The molecule has 0 radical (unpaired) electrons. The lowest BCUT2D eigenvalue weighted by molar-refractivity contribution is -0.139. The van der Waals surface area contributed by atoms with Crippen LogP contribution in [0.1, 0.15) is 44.9 Å². The number of esters is 1. The molecule has 1 N–H and O–H groups in total. The Morgan fingerprint density at radius 2 is 1.83 bits per heavy atom. The number of ether oxygens (including phenoxy) is 5. The van der Waals surface area contributed by atoms with Crippen LogP contribution in [0.5, 0.6) is 23.0 Å². The van der Waals surface area contributed by atoms with Crippen LogP contribution in [0.25, 0.3) is 6.08 Å². The second kappa shape index (κ2) is 13.4. The van der Waals surface area contributed by atoms with Crippen molar-refractivity contribution in [2.75, 3.05) is 33.0 Å².